The molecule has 630 valence electrons. The van der Waals surface area contributed by atoms with Crippen molar-refractivity contribution in [3.05, 3.63) is 73.9 Å². The van der Waals surface area contributed by atoms with Crippen LogP contribution >= 0.6 is 0 Å². The average Bonchev–Trinajstić information content (AvgIpc) is 1.02. The molecule has 0 aliphatic rings. The number of allylic oxidation sites excluding steroid dienone is 10. The minimum absolute atomic E-state index is 0.0572. The summed E-state index contributed by atoms with van der Waals surface area (Å²) < 4.78 is 0. The van der Waals surface area contributed by atoms with Crippen LogP contribution in [-0.2, 0) is 28.8 Å². The van der Waals surface area contributed by atoms with E-state index in [0.29, 0.717) is 58.2 Å². The van der Waals surface area contributed by atoms with Crippen LogP contribution in [0.3, 0.4) is 0 Å². The molecule has 0 aliphatic heterocycles. The van der Waals surface area contributed by atoms with Crippen molar-refractivity contribution in [2.24, 2.45) is 0 Å². The molecule has 0 aromatic rings. The van der Waals surface area contributed by atoms with Crippen LogP contribution < -0.4 is 21.3 Å². The smallest absolute Gasteiger partial charge is 0.222 e. The van der Waals surface area contributed by atoms with Gasteiger partial charge >= 0.3 is 0 Å². The van der Waals surface area contributed by atoms with Crippen molar-refractivity contribution in [1.82, 2.24) is 31.1 Å². The largest absolute Gasteiger partial charge is 0.395 e. The maximum absolute atomic E-state index is 11.9. The van der Waals surface area contributed by atoms with E-state index in [2.05, 4.69) is 145 Å². The Hall–Kier alpha value is -4.86. The Morgan fingerprint density at radius 2 is 0.542 bits per heavy atom. The van der Waals surface area contributed by atoms with E-state index in [0.717, 1.165) is 155 Å². The van der Waals surface area contributed by atoms with E-state index in [9.17, 15) is 28.8 Å². The highest BCUT2D eigenvalue weighted by Gasteiger charge is 2.13. The Balaban J connectivity index is -0.000000287. The molecule has 0 radical (unpaired) electrons. The summed E-state index contributed by atoms with van der Waals surface area (Å²) in [4.78, 5) is 72.5. The van der Waals surface area contributed by atoms with Crippen LogP contribution in [0.1, 0.15) is 410 Å². The Kier molecular flexibility index (Phi) is 109. The molecule has 0 aromatic carbocycles. The molecule has 107 heavy (non-hydrogen) atoms. The van der Waals surface area contributed by atoms with Crippen molar-refractivity contribution < 1.29 is 44.1 Å². The topological polar surface area (TPSA) is 218 Å². The number of amides is 6. The van der Waals surface area contributed by atoms with Gasteiger partial charge in [0, 0.05) is 90.9 Å². The first-order valence-electron chi connectivity index (χ1n) is 44.4. The fourth-order valence-electron chi connectivity index (χ4n) is 11.1. The van der Waals surface area contributed by atoms with Gasteiger partial charge in [0.1, 0.15) is 0 Å². The van der Waals surface area contributed by atoms with Gasteiger partial charge < -0.3 is 46.4 Å². The number of hydrogen-bond acceptors (Lipinski definition) is 9. The molecule has 0 fully saturated rings. The number of rotatable bonds is 70. The van der Waals surface area contributed by atoms with E-state index in [1.54, 1.807) is 16.7 Å². The number of carbonyl (C=O) groups is 6. The third-order valence-corrected chi connectivity index (χ3v) is 17.5. The number of unbranched alkanes of at least 4 members (excludes halogenated alkanes) is 32. The Labute approximate surface area is 662 Å². The van der Waals surface area contributed by atoms with Crippen molar-refractivity contribution in [3.63, 3.8) is 0 Å². The van der Waals surface area contributed by atoms with Gasteiger partial charge in [-0.05, 0) is 180 Å². The van der Waals surface area contributed by atoms with Crippen LogP contribution in [0.25, 0.3) is 0 Å². The lowest BCUT2D eigenvalue weighted by Gasteiger charge is -2.20. The highest BCUT2D eigenvalue weighted by atomic mass is 16.3. The van der Waals surface area contributed by atoms with Gasteiger partial charge in [0.15, 0.2) is 0 Å². The van der Waals surface area contributed by atoms with E-state index < -0.39 is 6.10 Å². The van der Waals surface area contributed by atoms with Gasteiger partial charge in [0.2, 0.25) is 35.4 Å². The summed E-state index contributed by atoms with van der Waals surface area (Å²) in [6.45, 7) is 33.6. The molecular formula is C92H178N6O9. The minimum Gasteiger partial charge on any atom is -0.395 e. The first-order chi connectivity index (χ1) is 52.1. The molecule has 0 rings (SSSR count). The second-order valence-corrected chi connectivity index (χ2v) is 28.6. The average molecular weight is 1510 g/mol. The summed E-state index contributed by atoms with van der Waals surface area (Å²) in [5.74, 6) is 1.10. The number of aliphatic hydroxyl groups excluding tert-OH is 3. The standard InChI is InChI=1S/C17H33NO2.C17H33NO.2C15H29NO2.C15H29NO.C13H25NO/c1-3-5-6-7-8-9-10-11-12-13-17(20)18(14-4-2)15-16-19;1-3-5-6-7-8-9-10-11-12-13-14-15-17(19)18-16-4-2;1-3-4-5-6-7-8-9-10-11-12-15(18)16-13-14(2)17;1-3-5-6-7-8-9-10-11-15(18)16(12-4-2)13-14-17;1-3-5-6-7-8-9-10-11-12-13-15(17)16-14-4-2;1-3-5-6-7-8-9-10-11-13(15)14-12-4-2/h5-6,19H,3-4,7-16H2,1-2H3;7-8H,3-6,9-16H2,1-2H3,(H,18,19);4-5,14,17H,3,6-13H2,1-2H3,(H,16,18);3,17H,1,4-14H2,2H3;5-6H,3-4,7-14H2,1-2H3,(H,16,17);3H,1,4-12H2,2H3,(H,14,15)/b6-5+;8-7+;5-4+;;6-5+;. The quantitative estimate of drug-likeness (QED) is 0.0227. The fourth-order valence-corrected chi connectivity index (χ4v) is 11.1. The van der Waals surface area contributed by atoms with Crippen LogP contribution in [0.2, 0.25) is 0 Å². The first-order valence-corrected chi connectivity index (χ1v) is 44.4. The zero-order chi connectivity index (χ0) is 80.6. The van der Waals surface area contributed by atoms with Gasteiger partial charge in [0.25, 0.3) is 0 Å². The second kappa shape index (κ2) is 103. The molecule has 0 spiro atoms. The highest BCUT2D eigenvalue weighted by Crippen LogP contribution is 2.14. The summed E-state index contributed by atoms with van der Waals surface area (Å²) in [6, 6.07) is 0. The molecule has 1 unspecified atom stereocenters. The van der Waals surface area contributed by atoms with Crippen LogP contribution in [0.4, 0.5) is 0 Å². The van der Waals surface area contributed by atoms with Crippen LogP contribution in [-0.4, -0.2) is 132 Å². The van der Waals surface area contributed by atoms with Crippen molar-refractivity contribution >= 4 is 35.4 Å². The van der Waals surface area contributed by atoms with Gasteiger partial charge in [-0.25, -0.2) is 0 Å². The Morgan fingerprint density at radius 1 is 0.299 bits per heavy atom. The highest BCUT2D eigenvalue weighted by molar-refractivity contribution is 5.77. The maximum Gasteiger partial charge on any atom is 0.222 e. The molecule has 0 bridgehead atoms. The molecule has 15 heteroatoms. The Bertz CT molecular complexity index is 1980. The van der Waals surface area contributed by atoms with Crippen LogP contribution in [0.15, 0.2) is 73.9 Å². The Morgan fingerprint density at radius 3 is 0.785 bits per heavy atom. The number of aliphatic hydroxyl groups is 3. The van der Waals surface area contributed by atoms with Gasteiger partial charge in [-0.2, -0.15) is 0 Å². The lowest BCUT2D eigenvalue weighted by Crippen LogP contribution is -2.34. The van der Waals surface area contributed by atoms with E-state index in [1.165, 1.54) is 180 Å². The van der Waals surface area contributed by atoms with E-state index >= 15 is 0 Å². The molecule has 0 aliphatic carbocycles. The summed E-state index contributed by atoms with van der Waals surface area (Å²) in [7, 11) is 0. The van der Waals surface area contributed by atoms with E-state index in [-0.39, 0.29) is 48.7 Å². The number of nitrogens with zero attached hydrogens (tertiary/aromatic N) is 2. The normalized spacial score (nSPS) is 11.1. The molecule has 0 saturated carbocycles. The molecule has 7 N–H and O–H groups in total. The molecule has 0 heterocycles. The molecular weight excluding hydrogens is 1330 g/mol. The first kappa shape index (κ1) is 113. The van der Waals surface area contributed by atoms with Crippen molar-refractivity contribution in [2.75, 3.05) is 65.6 Å². The molecule has 1 atom stereocenters. The lowest BCUT2D eigenvalue weighted by molar-refractivity contribution is -0.132. The van der Waals surface area contributed by atoms with E-state index in [1.807, 2.05) is 12.2 Å². The van der Waals surface area contributed by atoms with Gasteiger partial charge in [-0.1, -0.05) is 251 Å². The van der Waals surface area contributed by atoms with Crippen molar-refractivity contribution in [3.8, 4) is 0 Å². The summed E-state index contributed by atoms with van der Waals surface area (Å²) in [5.41, 5.74) is 0. The predicted molar refractivity (Wildman–Crippen MR) is 464 cm³/mol. The van der Waals surface area contributed by atoms with Gasteiger partial charge in [-0.15, -0.1) is 13.2 Å². The van der Waals surface area contributed by atoms with Gasteiger partial charge in [0.05, 0.1) is 19.3 Å². The molecule has 0 saturated heterocycles. The molecule has 0 aromatic heterocycles. The van der Waals surface area contributed by atoms with Crippen molar-refractivity contribution in [2.45, 2.75) is 416 Å². The third kappa shape index (κ3) is 108. The monoisotopic (exact) mass is 1510 g/mol. The zero-order valence-corrected chi connectivity index (χ0v) is 72.0. The fraction of sp³-hybridized carbons (Fsp3) is 0.804. The second-order valence-electron chi connectivity index (χ2n) is 28.6. The summed E-state index contributed by atoms with van der Waals surface area (Å²) >= 11 is 0. The minimum atomic E-state index is -0.454. The number of nitrogens with one attached hydrogen (secondary N) is 4. The predicted octanol–water partition coefficient (Wildman–Crippen LogP) is 22.9. The third-order valence-electron chi connectivity index (χ3n) is 17.5. The molecule has 6 amide bonds. The lowest BCUT2D eigenvalue weighted by atomic mass is 10.1. The van der Waals surface area contributed by atoms with Gasteiger partial charge in [-0.3, -0.25) is 28.8 Å². The maximum atomic E-state index is 11.9. The van der Waals surface area contributed by atoms with Crippen LogP contribution in [0.5, 0.6) is 0 Å². The number of hydrogen-bond donors (Lipinski definition) is 7. The van der Waals surface area contributed by atoms with Crippen LogP contribution in [0, 0.1) is 0 Å². The van der Waals surface area contributed by atoms with Crippen molar-refractivity contribution in [1.29, 1.82) is 0 Å². The van der Waals surface area contributed by atoms with E-state index in [4.69, 9.17) is 15.3 Å². The summed E-state index contributed by atoms with van der Waals surface area (Å²) in [5, 5.41) is 38.3. The summed E-state index contributed by atoms with van der Waals surface area (Å²) in [6.07, 6.45) is 80.4. The molecule has 15 nitrogen and oxygen atoms in total. The number of carbonyl (C=O) groups excluding carboxylic acids is 6. The SMILES string of the molecule is C=CCCCCCCCC(=O)N(CCC)CCO.C=CCCCCCCCC(=O)NCCC.CC/C=C/CCCCCCCC(=O)N(CCC)CCO.CC/C=C/CCCCCCCC(=O)NCC(C)O.CC/C=C/CCCCCCCC(=O)NCCC.CCCC/C=C/CCCCCCCC(=O)NCCC. The zero-order valence-electron chi connectivity index (χ0n) is 72.0.